The molecule has 1 heterocycles. The highest BCUT2D eigenvalue weighted by atomic mass is 16.2. The number of nitrogens with zero attached hydrogens (tertiary/aromatic N) is 3. The molecule has 0 radical (unpaired) electrons. The largest absolute Gasteiger partial charge is 0.327 e. The van der Waals surface area contributed by atoms with Gasteiger partial charge in [0.05, 0.1) is 17.9 Å². The number of hydrogen-bond acceptors (Lipinski definition) is 2. The SMILES string of the molecule is CC(C1CC1)n1cc(NC(=O)N(C)CC(C)(C)C)cn1. The molecule has 2 amide bonds. The molecule has 1 aliphatic rings. The molecule has 0 spiro atoms. The Kier molecular flexibility index (Phi) is 4.06. The highest BCUT2D eigenvalue weighted by Gasteiger charge is 2.29. The van der Waals surface area contributed by atoms with Gasteiger partial charge in [-0.05, 0) is 31.1 Å². The summed E-state index contributed by atoms with van der Waals surface area (Å²) < 4.78 is 1.96. The van der Waals surface area contributed by atoms with Gasteiger partial charge in [0.1, 0.15) is 0 Å². The first-order chi connectivity index (χ1) is 9.26. The summed E-state index contributed by atoms with van der Waals surface area (Å²) in [5, 5.41) is 7.25. The van der Waals surface area contributed by atoms with Gasteiger partial charge < -0.3 is 10.2 Å². The van der Waals surface area contributed by atoms with Crippen molar-refractivity contribution in [1.29, 1.82) is 0 Å². The topological polar surface area (TPSA) is 50.2 Å². The Bertz CT molecular complexity index is 470. The van der Waals surface area contributed by atoms with Crippen molar-refractivity contribution in [1.82, 2.24) is 14.7 Å². The predicted octanol–water partition coefficient (Wildman–Crippen LogP) is 3.36. The lowest BCUT2D eigenvalue weighted by Gasteiger charge is -2.26. The van der Waals surface area contributed by atoms with Crippen LogP contribution in [-0.4, -0.2) is 34.3 Å². The molecule has 0 saturated heterocycles. The highest BCUT2D eigenvalue weighted by Crippen LogP contribution is 2.39. The van der Waals surface area contributed by atoms with Crippen LogP contribution < -0.4 is 5.32 Å². The van der Waals surface area contributed by atoms with Gasteiger partial charge in [0.25, 0.3) is 0 Å². The van der Waals surface area contributed by atoms with Crippen LogP contribution >= 0.6 is 0 Å². The van der Waals surface area contributed by atoms with Gasteiger partial charge in [-0.3, -0.25) is 4.68 Å². The molecule has 1 atom stereocenters. The molecule has 1 fully saturated rings. The molecular weight excluding hydrogens is 252 g/mol. The van der Waals surface area contributed by atoms with Gasteiger partial charge in [-0.2, -0.15) is 5.10 Å². The van der Waals surface area contributed by atoms with E-state index in [0.717, 1.165) is 11.6 Å². The van der Waals surface area contributed by atoms with Crippen molar-refractivity contribution in [2.45, 2.75) is 46.6 Å². The summed E-state index contributed by atoms with van der Waals surface area (Å²) in [5.41, 5.74) is 0.861. The lowest BCUT2D eigenvalue weighted by atomic mass is 9.96. The minimum atomic E-state index is -0.0847. The minimum Gasteiger partial charge on any atom is -0.327 e. The van der Waals surface area contributed by atoms with Crippen LogP contribution in [0.4, 0.5) is 10.5 Å². The smallest absolute Gasteiger partial charge is 0.321 e. The predicted molar refractivity (Wildman–Crippen MR) is 80.8 cm³/mol. The fraction of sp³-hybridized carbons (Fsp3) is 0.733. The summed E-state index contributed by atoms with van der Waals surface area (Å²) >= 11 is 0. The first kappa shape index (κ1) is 14.9. The second-order valence-electron chi connectivity index (χ2n) is 7.13. The zero-order chi connectivity index (χ0) is 14.9. The second-order valence-corrected chi connectivity index (χ2v) is 7.13. The van der Waals surface area contributed by atoms with E-state index in [2.05, 4.69) is 38.1 Å². The van der Waals surface area contributed by atoms with Crippen molar-refractivity contribution in [3.63, 3.8) is 0 Å². The summed E-state index contributed by atoms with van der Waals surface area (Å²) in [4.78, 5) is 13.8. The van der Waals surface area contributed by atoms with E-state index < -0.39 is 0 Å². The molecule has 20 heavy (non-hydrogen) atoms. The highest BCUT2D eigenvalue weighted by molar-refractivity contribution is 5.88. The molecule has 5 nitrogen and oxygen atoms in total. The standard InChI is InChI=1S/C15H26N4O/c1-11(12-6-7-12)19-9-13(8-16-19)17-14(20)18(5)10-15(2,3)4/h8-9,11-12H,6-7,10H2,1-5H3,(H,17,20). The first-order valence-corrected chi connectivity index (χ1v) is 7.32. The van der Waals surface area contributed by atoms with Crippen LogP contribution in [0, 0.1) is 11.3 Å². The van der Waals surface area contributed by atoms with Gasteiger partial charge in [-0.15, -0.1) is 0 Å². The molecule has 1 aromatic heterocycles. The summed E-state index contributed by atoms with van der Waals surface area (Å²) in [6.07, 6.45) is 6.22. The number of nitrogens with one attached hydrogen (secondary N) is 1. The molecule has 0 bridgehead atoms. The second kappa shape index (κ2) is 5.46. The number of anilines is 1. The zero-order valence-electron chi connectivity index (χ0n) is 13.2. The van der Waals surface area contributed by atoms with Crippen LogP contribution in [-0.2, 0) is 0 Å². The quantitative estimate of drug-likeness (QED) is 0.918. The van der Waals surface area contributed by atoms with E-state index in [1.54, 1.807) is 11.1 Å². The van der Waals surface area contributed by atoms with E-state index in [4.69, 9.17) is 0 Å². The van der Waals surface area contributed by atoms with Crippen LogP contribution in [0.2, 0.25) is 0 Å². The molecule has 1 saturated carbocycles. The van der Waals surface area contributed by atoms with Crippen molar-refractivity contribution in [2.24, 2.45) is 11.3 Å². The number of hydrogen-bond donors (Lipinski definition) is 1. The maximum Gasteiger partial charge on any atom is 0.321 e. The third kappa shape index (κ3) is 3.99. The Balaban J connectivity index is 1.91. The van der Waals surface area contributed by atoms with Crippen LogP contribution in [0.25, 0.3) is 0 Å². The van der Waals surface area contributed by atoms with Crippen molar-refractivity contribution >= 4 is 11.7 Å². The fourth-order valence-electron chi connectivity index (χ4n) is 2.42. The summed E-state index contributed by atoms with van der Waals surface area (Å²) in [5.74, 6) is 0.752. The van der Waals surface area contributed by atoms with Gasteiger partial charge in [-0.1, -0.05) is 20.8 Å². The van der Waals surface area contributed by atoms with Crippen molar-refractivity contribution < 1.29 is 4.79 Å². The van der Waals surface area contributed by atoms with Gasteiger partial charge >= 0.3 is 6.03 Å². The van der Waals surface area contributed by atoms with E-state index in [0.29, 0.717) is 12.6 Å². The van der Waals surface area contributed by atoms with Gasteiger partial charge in [0.15, 0.2) is 0 Å². The molecule has 112 valence electrons. The third-order valence-corrected chi connectivity index (χ3v) is 3.63. The number of aromatic nitrogens is 2. The first-order valence-electron chi connectivity index (χ1n) is 7.32. The monoisotopic (exact) mass is 278 g/mol. The molecule has 1 aromatic rings. The van der Waals surface area contributed by atoms with Crippen LogP contribution in [0.15, 0.2) is 12.4 Å². The van der Waals surface area contributed by atoms with E-state index in [1.807, 2.05) is 17.9 Å². The summed E-state index contributed by atoms with van der Waals surface area (Å²) in [6, 6.07) is 0.339. The van der Waals surface area contributed by atoms with E-state index >= 15 is 0 Å². The number of amides is 2. The molecular formula is C15H26N4O. The number of urea groups is 1. The van der Waals surface area contributed by atoms with Gasteiger partial charge in [-0.25, -0.2) is 4.79 Å². The lowest BCUT2D eigenvalue weighted by molar-refractivity contribution is 0.201. The van der Waals surface area contributed by atoms with Crippen LogP contribution in [0.1, 0.15) is 46.6 Å². The average Bonchev–Trinajstić information content (AvgIpc) is 3.07. The number of carbonyl (C=O) groups is 1. The molecule has 1 unspecified atom stereocenters. The van der Waals surface area contributed by atoms with E-state index in [9.17, 15) is 4.79 Å². The minimum absolute atomic E-state index is 0.0847. The Morgan fingerprint density at radius 3 is 2.75 bits per heavy atom. The third-order valence-electron chi connectivity index (χ3n) is 3.63. The molecule has 1 aliphatic carbocycles. The van der Waals surface area contributed by atoms with Crippen molar-refractivity contribution in [2.75, 3.05) is 18.9 Å². The summed E-state index contributed by atoms with van der Waals surface area (Å²) in [6.45, 7) is 9.25. The number of carbonyl (C=O) groups excluding carboxylic acids is 1. The normalized spacial score (nSPS) is 16.9. The maximum atomic E-state index is 12.1. The van der Waals surface area contributed by atoms with Gasteiger partial charge in [0, 0.05) is 19.8 Å². The maximum absolute atomic E-state index is 12.1. The molecule has 0 aliphatic heterocycles. The average molecular weight is 278 g/mol. The van der Waals surface area contributed by atoms with Crippen molar-refractivity contribution in [3.8, 4) is 0 Å². The Hall–Kier alpha value is -1.52. The Morgan fingerprint density at radius 2 is 2.20 bits per heavy atom. The van der Waals surface area contributed by atoms with E-state index in [-0.39, 0.29) is 11.4 Å². The number of rotatable bonds is 4. The van der Waals surface area contributed by atoms with Crippen LogP contribution in [0.5, 0.6) is 0 Å². The molecule has 0 aromatic carbocycles. The zero-order valence-corrected chi connectivity index (χ0v) is 13.2. The van der Waals surface area contributed by atoms with E-state index in [1.165, 1.54) is 12.8 Å². The molecule has 2 rings (SSSR count). The van der Waals surface area contributed by atoms with Crippen LogP contribution in [0.3, 0.4) is 0 Å². The Labute approximate surface area is 121 Å². The van der Waals surface area contributed by atoms with Crippen molar-refractivity contribution in [3.05, 3.63) is 12.4 Å². The fourth-order valence-corrected chi connectivity index (χ4v) is 2.42. The molecule has 1 N–H and O–H groups in total. The lowest BCUT2D eigenvalue weighted by Crippen LogP contribution is -2.37. The molecule has 5 heteroatoms. The summed E-state index contributed by atoms with van der Waals surface area (Å²) in [7, 11) is 1.82. The van der Waals surface area contributed by atoms with Gasteiger partial charge in [0.2, 0.25) is 0 Å². The Morgan fingerprint density at radius 1 is 1.55 bits per heavy atom.